The molecule has 0 aliphatic carbocycles. The van der Waals surface area contributed by atoms with Crippen molar-refractivity contribution >= 4 is 37.7 Å². The minimum absolute atomic E-state index is 0. The van der Waals surface area contributed by atoms with Gasteiger partial charge in [0.05, 0.1) is 23.9 Å². The summed E-state index contributed by atoms with van der Waals surface area (Å²) in [6.45, 7) is 3.11. The maximum absolute atomic E-state index is 10.9. The van der Waals surface area contributed by atoms with Gasteiger partial charge in [-0.1, -0.05) is 0 Å². The summed E-state index contributed by atoms with van der Waals surface area (Å²) in [5, 5.41) is 35.8. The van der Waals surface area contributed by atoms with E-state index in [0.717, 1.165) is 0 Å². The summed E-state index contributed by atoms with van der Waals surface area (Å²) in [4.78, 5) is 37.8. The molecule has 1 aliphatic heterocycles. The molecule has 0 bridgehead atoms. The van der Waals surface area contributed by atoms with Crippen LogP contribution < -0.4 is 26.4 Å². The van der Waals surface area contributed by atoms with Crippen molar-refractivity contribution in [2.75, 3.05) is 72.0 Å². The molecule has 1 atom stereocenters. The molecule has 12 heteroatoms. The van der Waals surface area contributed by atoms with Crippen LogP contribution in [0, 0.1) is 0 Å². The molecule has 0 amide bonds. The SMILES string of the molecule is N[C@H](CN1CCN(CC(=O)[O-])CCNCCN(CC(=O)[O-])CC1)C(=O)[O-].[Ga+3]. The van der Waals surface area contributed by atoms with Crippen molar-refractivity contribution in [1.29, 1.82) is 0 Å². The maximum Gasteiger partial charge on any atom is 3.00 e. The smallest absolute Gasteiger partial charge is 0.549 e. The summed E-state index contributed by atoms with van der Waals surface area (Å²) in [6, 6.07) is -1.19. The number of nitrogens with two attached hydrogens (primary N) is 1. The quantitative estimate of drug-likeness (QED) is 0.360. The molecule has 11 nitrogen and oxygen atoms in total. The summed E-state index contributed by atoms with van der Waals surface area (Å²) < 4.78 is 0. The summed E-state index contributed by atoms with van der Waals surface area (Å²) in [7, 11) is 0. The Morgan fingerprint density at radius 1 is 0.815 bits per heavy atom. The standard InChI is InChI=1S/C15H29N5O6.Ga/c16-12(15(25)26)9-20-7-5-18(10-13(21)22)3-1-17-2-4-19(6-8-20)11-14(23)24;/h12,17H,1-11,16H2,(H,21,22)(H,23,24)(H,25,26);/q;+3/p-3/t12-;/m1./s1. The first kappa shape index (κ1) is 25.8. The molecule has 0 spiro atoms. The fraction of sp³-hybridized carbons (Fsp3) is 0.800. The zero-order valence-electron chi connectivity index (χ0n) is 15.3. The zero-order chi connectivity index (χ0) is 19.5. The topological polar surface area (TPSA) is 168 Å². The average molecular weight is 442 g/mol. The van der Waals surface area contributed by atoms with E-state index in [1.165, 1.54) is 0 Å². The molecule has 0 aromatic heterocycles. The summed E-state index contributed by atoms with van der Waals surface area (Å²) >= 11 is 0. The number of carbonyl (C=O) groups is 3. The number of nitrogens with zero attached hydrogens (tertiary/aromatic N) is 3. The van der Waals surface area contributed by atoms with Crippen molar-refractivity contribution in [3.8, 4) is 0 Å². The van der Waals surface area contributed by atoms with E-state index in [9.17, 15) is 29.7 Å². The minimum Gasteiger partial charge on any atom is -0.549 e. The van der Waals surface area contributed by atoms with Gasteiger partial charge in [0.2, 0.25) is 0 Å². The van der Waals surface area contributed by atoms with Gasteiger partial charge in [0.15, 0.2) is 0 Å². The number of aliphatic carboxylic acids is 3. The van der Waals surface area contributed by atoms with Gasteiger partial charge >= 0.3 is 19.8 Å². The van der Waals surface area contributed by atoms with Crippen molar-refractivity contribution in [2.24, 2.45) is 5.73 Å². The van der Waals surface area contributed by atoms with Crippen LogP contribution in [-0.2, 0) is 14.4 Å². The molecule has 0 aromatic rings. The van der Waals surface area contributed by atoms with Gasteiger partial charge in [0, 0.05) is 72.0 Å². The third-order valence-corrected chi connectivity index (χ3v) is 4.14. The Balaban J connectivity index is 0.00000676. The van der Waals surface area contributed by atoms with Gasteiger partial charge in [0.1, 0.15) is 0 Å². The van der Waals surface area contributed by atoms with Crippen LogP contribution in [0.15, 0.2) is 0 Å². The van der Waals surface area contributed by atoms with Crippen molar-refractivity contribution in [3.05, 3.63) is 0 Å². The molecule has 1 saturated heterocycles. The monoisotopic (exact) mass is 441 g/mol. The third-order valence-electron chi connectivity index (χ3n) is 4.14. The fourth-order valence-electron chi connectivity index (χ4n) is 2.72. The number of nitrogens with one attached hydrogen (secondary N) is 1. The fourth-order valence-corrected chi connectivity index (χ4v) is 2.72. The van der Waals surface area contributed by atoms with Gasteiger partial charge in [-0.05, 0) is 0 Å². The van der Waals surface area contributed by atoms with E-state index >= 15 is 0 Å². The van der Waals surface area contributed by atoms with Crippen LogP contribution in [0.3, 0.4) is 0 Å². The second-order valence-corrected chi connectivity index (χ2v) is 6.27. The van der Waals surface area contributed by atoms with Crippen LogP contribution in [0.1, 0.15) is 0 Å². The molecule has 0 radical (unpaired) electrons. The molecule has 1 aliphatic rings. The molecule has 3 N–H and O–H groups in total. The van der Waals surface area contributed by atoms with Crippen LogP contribution in [0.25, 0.3) is 0 Å². The molecule has 0 unspecified atom stereocenters. The molecular formula is C15H26GaN5O6. The number of hydrogen-bond donors (Lipinski definition) is 2. The number of carboxylic acid groups (broad SMARTS) is 3. The average Bonchev–Trinajstić information content (AvgIpc) is 2.53. The molecule has 1 heterocycles. The van der Waals surface area contributed by atoms with Crippen LogP contribution in [0.5, 0.6) is 0 Å². The Labute approximate surface area is 171 Å². The van der Waals surface area contributed by atoms with Crippen molar-refractivity contribution in [2.45, 2.75) is 6.04 Å². The molecule has 1 rings (SSSR count). The van der Waals surface area contributed by atoms with Gasteiger partial charge in [0.25, 0.3) is 0 Å². The van der Waals surface area contributed by atoms with E-state index in [-0.39, 0.29) is 39.4 Å². The first-order chi connectivity index (χ1) is 12.3. The molecule has 150 valence electrons. The second kappa shape index (κ2) is 13.9. The van der Waals surface area contributed by atoms with E-state index in [2.05, 4.69) is 5.32 Å². The second-order valence-electron chi connectivity index (χ2n) is 6.27. The normalized spacial score (nSPS) is 19.9. The van der Waals surface area contributed by atoms with Crippen molar-refractivity contribution in [3.63, 3.8) is 0 Å². The van der Waals surface area contributed by atoms with Crippen LogP contribution in [-0.4, -0.2) is 130 Å². The Morgan fingerprint density at radius 2 is 1.22 bits per heavy atom. The van der Waals surface area contributed by atoms with Gasteiger partial charge < -0.3 is 40.8 Å². The molecule has 0 aromatic carbocycles. The Bertz CT molecular complexity index is 454. The Morgan fingerprint density at radius 3 is 1.59 bits per heavy atom. The largest absolute Gasteiger partial charge is 3.00 e. The molecule has 0 saturated carbocycles. The zero-order valence-corrected chi connectivity index (χ0v) is 17.7. The minimum atomic E-state index is -1.38. The maximum atomic E-state index is 10.9. The summed E-state index contributed by atoms with van der Waals surface area (Å²) in [5.41, 5.74) is 5.54. The van der Waals surface area contributed by atoms with Crippen LogP contribution in [0.2, 0.25) is 0 Å². The first-order valence-corrected chi connectivity index (χ1v) is 8.52. The molecule has 1 fully saturated rings. The number of rotatable bonds is 7. The van der Waals surface area contributed by atoms with Gasteiger partial charge in [-0.3, -0.25) is 14.7 Å². The first-order valence-electron chi connectivity index (χ1n) is 8.52. The van der Waals surface area contributed by atoms with Gasteiger partial charge in [-0.15, -0.1) is 0 Å². The summed E-state index contributed by atoms with van der Waals surface area (Å²) in [5.74, 6) is -3.75. The van der Waals surface area contributed by atoms with Crippen molar-refractivity contribution in [1.82, 2.24) is 20.0 Å². The molecular weight excluding hydrogens is 416 g/mol. The van der Waals surface area contributed by atoms with Crippen LogP contribution >= 0.6 is 0 Å². The Kier molecular flexibility index (Phi) is 13.3. The van der Waals surface area contributed by atoms with Crippen LogP contribution in [0.4, 0.5) is 0 Å². The number of carbonyl (C=O) groups excluding carboxylic acids is 3. The van der Waals surface area contributed by atoms with E-state index in [0.29, 0.717) is 52.4 Å². The van der Waals surface area contributed by atoms with E-state index < -0.39 is 23.9 Å². The predicted molar refractivity (Wildman–Crippen MR) is 90.9 cm³/mol. The third kappa shape index (κ3) is 12.0. The van der Waals surface area contributed by atoms with Crippen molar-refractivity contribution < 1.29 is 29.7 Å². The molecule has 27 heavy (non-hydrogen) atoms. The van der Waals surface area contributed by atoms with E-state index in [4.69, 9.17) is 5.73 Å². The van der Waals surface area contributed by atoms with Gasteiger partial charge in [-0.2, -0.15) is 0 Å². The number of hydrogen-bond acceptors (Lipinski definition) is 11. The van der Waals surface area contributed by atoms with Gasteiger partial charge in [-0.25, -0.2) is 0 Å². The van der Waals surface area contributed by atoms with E-state index in [1.807, 2.05) is 0 Å². The predicted octanol–water partition coefficient (Wildman–Crippen LogP) is -7.31. The Hall–Kier alpha value is -1.15. The van der Waals surface area contributed by atoms with E-state index in [1.54, 1.807) is 14.7 Å². The number of carboxylic acids is 3. The summed E-state index contributed by atoms with van der Waals surface area (Å²) in [6.07, 6.45) is 0.